The highest BCUT2D eigenvalue weighted by molar-refractivity contribution is 7.89. The Morgan fingerprint density at radius 2 is 0.900 bits per heavy atom. The van der Waals surface area contributed by atoms with E-state index in [0.717, 1.165) is 73.2 Å². The Kier molecular flexibility index (Phi) is 27.0. The fourth-order valence-corrected chi connectivity index (χ4v) is 15.1. The topological polar surface area (TPSA) is 288 Å². The molecule has 2 aliphatic carbocycles. The molecule has 0 unspecified atom stereocenters. The Labute approximate surface area is 545 Å². The quantitative estimate of drug-likeness (QED) is 0.0227. The standard InChI is InChI=1S/C60H82Cl4F2N10O12S2/c1-37-25-55(49(65)33-53(37)87-57-45-27-39(61)29-47(63)43(45)31-51(57)75-15-5-7-41(67)35-75)89(79,80)73-13-19-85-23-21-83-17-11-71-59(77)69-9-3-4-10-70-60(78)72-12-18-84-22-24-86-20-14-74-90(81,82)56-26-38(2)54(34-50(56)66)88-58-46-28-40(62)30-48(64)44(46)32-52(58)76-16-6-8-42(68)36-76/h25-30,33-34,41-42,51-52,57-58,73-74H,3-24,31-32,35-36,67-68H2,1-2H3,(H2,69,71,77)(H2,70,72,78)/t41-,42-,51+,52+,57+,58+/m1/s1. The lowest BCUT2D eigenvalue weighted by atomic mass is 10.0. The van der Waals surface area contributed by atoms with Gasteiger partial charge in [-0.3, -0.25) is 9.80 Å². The molecule has 0 radical (unpaired) electrons. The Balaban J connectivity index is 0.603. The van der Waals surface area contributed by atoms with E-state index in [9.17, 15) is 26.4 Å². The zero-order valence-corrected chi connectivity index (χ0v) is 55.2. The summed E-state index contributed by atoms with van der Waals surface area (Å²) in [7, 11) is -8.50. The van der Waals surface area contributed by atoms with Gasteiger partial charge in [0.1, 0.15) is 45.1 Å². The molecule has 0 saturated carbocycles. The van der Waals surface area contributed by atoms with Crippen molar-refractivity contribution in [1.82, 2.24) is 40.5 Å². The molecule has 0 bridgehead atoms. The minimum Gasteiger partial charge on any atom is -0.484 e. The SMILES string of the molecule is Cc1cc(S(=O)(=O)NCCOCCOCCNC(=O)NCCCCNC(=O)NCCOCCOCCNS(=O)(=O)c2cc(C)c(O[C@H]3c4cc(Cl)cc(Cl)c4C[C@@H]3N3CCC[C@@H](N)C3)cc2F)c(F)cc1O[C@H]1c2cc(Cl)cc(Cl)c2C[C@@H]1N1CCC[C@@H](N)C1. The zero-order chi connectivity index (χ0) is 64.5. The number of sulfonamides is 2. The number of piperidine rings is 2. The number of unbranched alkanes of at least 4 members (excludes halogenated alkanes) is 1. The van der Waals surface area contributed by atoms with Crippen molar-refractivity contribution in [1.29, 1.82) is 0 Å². The molecule has 0 aromatic heterocycles. The number of aryl methyl sites for hydroxylation is 2. The second-order valence-corrected chi connectivity index (χ2v) is 27.9. The number of ether oxygens (including phenoxy) is 6. The van der Waals surface area contributed by atoms with E-state index in [1.165, 1.54) is 12.1 Å². The maximum atomic E-state index is 15.6. The summed E-state index contributed by atoms with van der Waals surface area (Å²) in [5.41, 5.74) is 16.9. The van der Waals surface area contributed by atoms with Crippen LogP contribution in [0.3, 0.4) is 0 Å². The molecule has 22 nitrogen and oxygen atoms in total. The molecule has 8 rings (SSSR count). The molecule has 4 aromatic rings. The number of fused-ring (bicyclic) bond motifs is 2. The van der Waals surface area contributed by atoms with Gasteiger partial charge in [-0.2, -0.15) is 0 Å². The summed E-state index contributed by atoms with van der Waals surface area (Å²) in [6, 6.07) is 10.7. The number of carbonyl (C=O) groups is 2. The summed E-state index contributed by atoms with van der Waals surface area (Å²) in [6.07, 6.45) is 5.03. The van der Waals surface area contributed by atoms with Crippen molar-refractivity contribution >= 4 is 78.5 Å². The number of hydrogen-bond acceptors (Lipinski definition) is 16. The van der Waals surface area contributed by atoms with Crippen molar-refractivity contribution in [3.63, 3.8) is 0 Å². The molecular formula is C60H82Cl4F2N10O12S2. The highest BCUT2D eigenvalue weighted by Crippen LogP contribution is 2.46. The molecule has 90 heavy (non-hydrogen) atoms. The first kappa shape index (κ1) is 71.4. The van der Waals surface area contributed by atoms with E-state index in [2.05, 4.69) is 40.5 Å². The predicted molar refractivity (Wildman–Crippen MR) is 340 cm³/mol. The van der Waals surface area contributed by atoms with E-state index in [0.29, 0.717) is 83.1 Å². The molecule has 4 aliphatic rings. The molecule has 2 saturated heterocycles. The molecule has 2 fully saturated rings. The fraction of sp³-hybridized carbons (Fsp3) is 0.567. The lowest BCUT2D eigenvalue weighted by Gasteiger charge is -2.38. The van der Waals surface area contributed by atoms with Crippen molar-refractivity contribution in [3.05, 3.63) is 114 Å². The number of rotatable bonds is 33. The van der Waals surface area contributed by atoms with Crippen LogP contribution < -0.4 is 51.7 Å². The number of benzene rings is 4. The predicted octanol–water partition coefficient (Wildman–Crippen LogP) is 6.83. The third-order valence-electron chi connectivity index (χ3n) is 16.0. The second kappa shape index (κ2) is 34.1. The van der Waals surface area contributed by atoms with Crippen molar-refractivity contribution in [2.45, 2.75) is 111 Å². The molecule has 2 aliphatic heterocycles. The molecule has 4 amide bonds. The summed E-state index contributed by atoms with van der Waals surface area (Å²) < 4.78 is 124. The lowest BCUT2D eigenvalue weighted by molar-refractivity contribution is 0.0516. The van der Waals surface area contributed by atoms with Gasteiger partial charge in [-0.1, -0.05) is 46.4 Å². The van der Waals surface area contributed by atoms with Crippen LogP contribution in [0.15, 0.2) is 58.3 Å². The van der Waals surface area contributed by atoms with Gasteiger partial charge in [0, 0.05) is 108 Å². The van der Waals surface area contributed by atoms with E-state index < -0.39 is 53.7 Å². The molecule has 30 heteroatoms. The summed E-state index contributed by atoms with van der Waals surface area (Å²) in [6.45, 7) is 8.35. The Hall–Kier alpha value is -4.46. The van der Waals surface area contributed by atoms with Crippen LogP contribution in [0.1, 0.15) is 84.1 Å². The number of likely N-dealkylation sites (tertiary alicyclic amines) is 2. The van der Waals surface area contributed by atoms with Crippen LogP contribution in [0.4, 0.5) is 18.4 Å². The number of nitrogens with zero attached hydrogens (tertiary/aromatic N) is 2. The lowest BCUT2D eigenvalue weighted by Crippen LogP contribution is -2.49. The van der Waals surface area contributed by atoms with Gasteiger partial charge in [0.15, 0.2) is 0 Å². The van der Waals surface area contributed by atoms with Gasteiger partial charge in [0.05, 0.1) is 64.9 Å². The van der Waals surface area contributed by atoms with Crippen LogP contribution in [0.25, 0.3) is 0 Å². The third kappa shape index (κ3) is 20.0. The van der Waals surface area contributed by atoms with Crippen LogP contribution in [0.5, 0.6) is 11.5 Å². The first-order valence-electron chi connectivity index (χ1n) is 30.3. The second-order valence-electron chi connectivity index (χ2n) is 22.7. The van der Waals surface area contributed by atoms with Crippen LogP contribution in [0.2, 0.25) is 20.1 Å². The van der Waals surface area contributed by atoms with Crippen molar-refractivity contribution in [2.75, 3.05) is 118 Å². The van der Waals surface area contributed by atoms with E-state index in [4.69, 9.17) is 86.3 Å². The van der Waals surface area contributed by atoms with Gasteiger partial charge in [-0.25, -0.2) is 44.6 Å². The van der Waals surface area contributed by atoms with Crippen molar-refractivity contribution in [3.8, 4) is 11.5 Å². The van der Waals surface area contributed by atoms with Crippen LogP contribution >= 0.6 is 46.4 Å². The minimum atomic E-state index is -4.25. The molecular weight excluding hydrogens is 1300 g/mol. The number of urea groups is 2. The van der Waals surface area contributed by atoms with Crippen LogP contribution in [-0.2, 0) is 51.8 Å². The maximum absolute atomic E-state index is 15.6. The van der Waals surface area contributed by atoms with E-state index in [-0.39, 0.29) is 127 Å². The Morgan fingerprint density at radius 1 is 0.533 bits per heavy atom. The molecule has 0 spiro atoms. The highest BCUT2D eigenvalue weighted by atomic mass is 35.5. The van der Waals surface area contributed by atoms with Gasteiger partial charge < -0.3 is 61.2 Å². The Bertz CT molecular complexity index is 3120. The maximum Gasteiger partial charge on any atom is 0.314 e. The average molecular weight is 1380 g/mol. The van der Waals surface area contributed by atoms with Gasteiger partial charge in [0.25, 0.3) is 0 Å². The van der Waals surface area contributed by atoms with Gasteiger partial charge in [-0.05, 0) is 137 Å². The molecule has 4 aromatic carbocycles. The molecule has 2 heterocycles. The Morgan fingerprint density at radius 3 is 1.28 bits per heavy atom. The smallest absolute Gasteiger partial charge is 0.314 e. The average Bonchev–Trinajstić information content (AvgIpc) is 1.60. The summed E-state index contributed by atoms with van der Waals surface area (Å²) in [4.78, 5) is 27.9. The van der Waals surface area contributed by atoms with Gasteiger partial charge in [-0.15, -0.1) is 0 Å². The molecule has 10 N–H and O–H groups in total. The third-order valence-corrected chi connectivity index (χ3v) is 20.1. The normalized spacial score (nSPS) is 20.4. The van der Waals surface area contributed by atoms with E-state index in [1.54, 1.807) is 26.0 Å². The number of carbonyl (C=O) groups excluding carboxylic acids is 2. The summed E-state index contributed by atoms with van der Waals surface area (Å²) in [5.74, 6) is -1.54. The first-order chi connectivity index (χ1) is 43.1. The minimum absolute atomic E-state index is 0.00129. The van der Waals surface area contributed by atoms with Crippen LogP contribution in [-0.4, -0.2) is 181 Å². The largest absolute Gasteiger partial charge is 0.484 e. The monoisotopic (exact) mass is 1380 g/mol. The van der Waals surface area contributed by atoms with Gasteiger partial charge >= 0.3 is 12.1 Å². The van der Waals surface area contributed by atoms with E-state index in [1.807, 2.05) is 12.1 Å². The highest BCUT2D eigenvalue weighted by Gasteiger charge is 2.43. The number of nitrogens with one attached hydrogen (secondary N) is 6. The van der Waals surface area contributed by atoms with Crippen LogP contribution in [0, 0.1) is 25.5 Å². The van der Waals surface area contributed by atoms with Crippen molar-refractivity contribution in [2.24, 2.45) is 11.5 Å². The first-order valence-corrected chi connectivity index (χ1v) is 34.8. The number of nitrogens with two attached hydrogens (primary N) is 2. The summed E-state index contributed by atoms with van der Waals surface area (Å²) in [5, 5.41) is 12.8. The fourth-order valence-electron chi connectivity index (χ4n) is 11.6. The number of hydrogen-bond donors (Lipinski definition) is 8. The number of halogens is 6. The summed E-state index contributed by atoms with van der Waals surface area (Å²) >= 11 is 26.1. The van der Waals surface area contributed by atoms with Gasteiger partial charge in [0.2, 0.25) is 20.0 Å². The van der Waals surface area contributed by atoms with Crippen molar-refractivity contribution < 1.29 is 63.6 Å². The number of amides is 4. The van der Waals surface area contributed by atoms with E-state index >= 15 is 8.78 Å². The molecule has 6 atom stereocenters. The molecule has 498 valence electrons. The zero-order valence-electron chi connectivity index (χ0n) is 50.5.